The van der Waals surface area contributed by atoms with Gasteiger partial charge in [-0.15, -0.1) is 0 Å². The van der Waals surface area contributed by atoms with Crippen LogP contribution in [0.1, 0.15) is 36.8 Å². The second-order valence-electron chi connectivity index (χ2n) is 6.15. The lowest BCUT2D eigenvalue weighted by molar-refractivity contribution is -0.120. The van der Waals surface area contributed by atoms with Gasteiger partial charge >= 0.3 is 0 Å². The lowest BCUT2D eigenvalue weighted by Crippen LogP contribution is -2.29. The van der Waals surface area contributed by atoms with Gasteiger partial charge in [0, 0.05) is 18.9 Å². The minimum Gasteiger partial charge on any atom is -0.393 e. The number of halogens is 1. The molecule has 1 amide bonds. The smallest absolute Gasteiger partial charge is 0.223 e. The third-order valence-corrected chi connectivity index (χ3v) is 3.93. The number of amides is 1. The van der Waals surface area contributed by atoms with Gasteiger partial charge in [0.2, 0.25) is 5.91 Å². The van der Waals surface area contributed by atoms with E-state index >= 15 is 0 Å². The number of carbonyl (C=O) groups excluding carboxylic acids is 1. The molecule has 0 spiro atoms. The number of rotatable bonds is 8. The summed E-state index contributed by atoms with van der Waals surface area (Å²) >= 11 is 0. The van der Waals surface area contributed by atoms with Crippen LogP contribution in [-0.4, -0.2) is 23.7 Å². The van der Waals surface area contributed by atoms with Crippen LogP contribution in [0.15, 0.2) is 60.7 Å². The van der Waals surface area contributed by atoms with Gasteiger partial charge in [0.15, 0.2) is 0 Å². The molecule has 25 heavy (non-hydrogen) atoms. The van der Waals surface area contributed by atoms with Crippen molar-refractivity contribution in [2.24, 2.45) is 0 Å². The van der Waals surface area contributed by atoms with Crippen molar-refractivity contribution >= 4 is 12.0 Å². The SMILES string of the molecule is CC(O)CC(CNC(=O)C/C=C/c1ccc(F)cc1)c1ccccc1. The van der Waals surface area contributed by atoms with E-state index in [4.69, 9.17) is 0 Å². The van der Waals surface area contributed by atoms with Gasteiger partial charge in [-0.05, 0) is 36.6 Å². The first-order valence-corrected chi connectivity index (χ1v) is 8.46. The Morgan fingerprint density at radius 1 is 1.16 bits per heavy atom. The molecule has 0 radical (unpaired) electrons. The molecule has 0 heterocycles. The van der Waals surface area contributed by atoms with Gasteiger partial charge in [0.25, 0.3) is 0 Å². The molecule has 0 fully saturated rings. The maximum atomic E-state index is 12.8. The van der Waals surface area contributed by atoms with Crippen LogP contribution in [0.25, 0.3) is 6.08 Å². The molecule has 0 aliphatic carbocycles. The molecule has 0 aromatic heterocycles. The van der Waals surface area contributed by atoms with E-state index in [-0.39, 0.29) is 24.1 Å². The first-order valence-electron chi connectivity index (χ1n) is 8.46. The fourth-order valence-corrected chi connectivity index (χ4v) is 2.66. The Balaban J connectivity index is 1.85. The fraction of sp³-hybridized carbons (Fsp3) is 0.286. The van der Waals surface area contributed by atoms with Gasteiger partial charge in [0.05, 0.1) is 6.10 Å². The Morgan fingerprint density at radius 3 is 2.48 bits per heavy atom. The van der Waals surface area contributed by atoms with Crippen molar-refractivity contribution in [2.45, 2.75) is 31.8 Å². The molecule has 2 aromatic rings. The quantitative estimate of drug-likeness (QED) is 0.765. The Kier molecular flexibility index (Phi) is 7.36. The first kappa shape index (κ1) is 18.9. The number of carbonyl (C=O) groups is 1. The standard InChI is InChI=1S/C21H24FNO2/c1-16(24)14-19(18-7-3-2-4-8-18)15-23-21(25)9-5-6-17-10-12-20(22)13-11-17/h2-8,10-13,16,19,24H,9,14-15H2,1H3,(H,23,25)/b6-5+. The van der Waals surface area contributed by atoms with Crippen molar-refractivity contribution < 1.29 is 14.3 Å². The molecule has 2 rings (SSSR count). The minimum atomic E-state index is -0.430. The van der Waals surface area contributed by atoms with E-state index in [9.17, 15) is 14.3 Å². The predicted molar refractivity (Wildman–Crippen MR) is 98.5 cm³/mol. The molecule has 2 N–H and O–H groups in total. The summed E-state index contributed by atoms with van der Waals surface area (Å²) in [6.45, 7) is 2.24. The summed E-state index contributed by atoms with van der Waals surface area (Å²) < 4.78 is 12.8. The predicted octanol–water partition coefficient (Wildman–Crippen LogP) is 3.90. The van der Waals surface area contributed by atoms with Gasteiger partial charge in [0.1, 0.15) is 5.82 Å². The number of aliphatic hydroxyl groups excluding tert-OH is 1. The molecule has 0 aliphatic rings. The number of nitrogens with one attached hydrogen (secondary N) is 1. The van der Waals surface area contributed by atoms with Crippen molar-refractivity contribution in [2.75, 3.05) is 6.54 Å². The largest absolute Gasteiger partial charge is 0.393 e. The summed E-state index contributed by atoms with van der Waals surface area (Å²) in [5.41, 5.74) is 1.95. The normalized spacial score (nSPS) is 13.6. The Morgan fingerprint density at radius 2 is 1.84 bits per heavy atom. The lowest BCUT2D eigenvalue weighted by Gasteiger charge is -2.19. The van der Waals surface area contributed by atoms with Crippen molar-refractivity contribution in [3.63, 3.8) is 0 Å². The second-order valence-corrected chi connectivity index (χ2v) is 6.15. The third kappa shape index (κ3) is 6.89. The van der Waals surface area contributed by atoms with E-state index in [0.717, 1.165) is 11.1 Å². The molecule has 0 bridgehead atoms. The molecular formula is C21H24FNO2. The summed E-state index contributed by atoms with van der Waals surface area (Å²) in [4.78, 5) is 12.0. The average molecular weight is 341 g/mol. The maximum absolute atomic E-state index is 12.8. The molecule has 4 heteroatoms. The second kappa shape index (κ2) is 9.74. The van der Waals surface area contributed by atoms with Crippen LogP contribution in [-0.2, 0) is 4.79 Å². The summed E-state index contributed by atoms with van der Waals surface area (Å²) in [6, 6.07) is 16.0. The van der Waals surface area contributed by atoms with E-state index in [1.165, 1.54) is 12.1 Å². The number of hydrogen-bond acceptors (Lipinski definition) is 2. The van der Waals surface area contributed by atoms with Crippen LogP contribution in [0.3, 0.4) is 0 Å². The zero-order valence-corrected chi connectivity index (χ0v) is 14.4. The van der Waals surface area contributed by atoms with E-state index in [0.29, 0.717) is 13.0 Å². The van der Waals surface area contributed by atoms with Gasteiger partial charge in [-0.2, -0.15) is 0 Å². The topological polar surface area (TPSA) is 49.3 Å². The van der Waals surface area contributed by atoms with E-state index in [1.807, 2.05) is 30.3 Å². The Bertz CT molecular complexity index is 681. The fourth-order valence-electron chi connectivity index (χ4n) is 2.66. The summed E-state index contributed by atoms with van der Waals surface area (Å²) in [7, 11) is 0. The lowest BCUT2D eigenvalue weighted by atomic mass is 9.93. The number of hydrogen-bond donors (Lipinski definition) is 2. The molecule has 2 unspecified atom stereocenters. The van der Waals surface area contributed by atoms with Crippen molar-refractivity contribution in [1.29, 1.82) is 0 Å². The van der Waals surface area contributed by atoms with Gasteiger partial charge in [-0.1, -0.05) is 54.6 Å². The first-order chi connectivity index (χ1) is 12.0. The zero-order valence-electron chi connectivity index (χ0n) is 14.4. The molecular weight excluding hydrogens is 317 g/mol. The molecule has 3 nitrogen and oxygen atoms in total. The highest BCUT2D eigenvalue weighted by Crippen LogP contribution is 2.20. The highest BCUT2D eigenvalue weighted by molar-refractivity contribution is 5.78. The number of benzene rings is 2. The van der Waals surface area contributed by atoms with Crippen molar-refractivity contribution in [3.8, 4) is 0 Å². The minimum absolute atomic E-state index is 0.0752. The molecule has 0 saturated carbocycles. The maximum Gasteiger partial charge on any atom is 0.223 e. The summed E-state index contributed by atoms with van der Waals surface area (Å²) in [5.74, 6) is -0.281. The zero-order chi connectivity index (χ0) is 18.1. The molecule has 0 saturated heterocycles. The van der Waals surface area contributed by atoms with Crippen LogP contribution < -0.4 is 5.32 Å². The van der Waals surface area contributed by atoms with Crippen LogP contribution >= 0.6 is 0 Å². The van der Waals surface area contributed by atoms with Crippen LogP contribution in [0.4, 0.5) is 4.39 Å². The molecule has 2 atom stereocenters. The highest BCUT2D eigenvalue weighted by Gasteiger charge is 2.14. The highest BCUT2D eigenvalue weighted by atomic mass is 19.1. The molecule has 2 aromatic carbocycles. The Labute approximate surface area is 148 Å². The average Bonchev–Trinajstić information content (AvgIpc) is 2.61. The van der Waals surface area contributed by atoms with E-state index < -0.39 is 6.10 Å². The van der Waals surface area contributed by atoms with Crippen LogP contribution in [0, 0.1) is 5.82 Å². The number of aliphatic hydroxyl groups is 1. The Hall–Kier alpha value is -2.46. The van der Waals surface area contributed by atoms with Gasteiger partial charge < -0.3 is 10.4 Å². The summed E-state index contributed by atoms with van der Waals surface area (Å²) in [6.07, 6.45) is 3.97. The van der Waals surface area contributed by atoms with E-state index in [2.05, 4.69) is 5.32 Å². The monoisotopic (exact) mass is 341 g/mol. The molecule has 132 valence electrons. The summed E-state index contributed by atoms with van der Waals surface area (Å²) in [5, 5.41) is 12.6. The van der Waals surface area contributed by atoms with Crippen molar-refractivity contribution in [3.05, 3.63) is 77.6 Å². The van der Waals surface area contributed by atoms with Crippen molar-refractivity contribution in [1.82, 2.24) is 5.32 Å². The van der Waals surface area contributed by atoms with Gasteiger partial charge in [-0.25, -0.2) is 4.39 Å². The molecule has 0 aliphatic heterocycles. The van der Waals surface area contributed by atoms with Crippen LogP contribution in [0.5, 0.6) is 0 Å². The van der Waals surface area contributed by atoms with Gasteiger partial charge in [-0.3, -0.25) is 4.79 Å². The van der Waals surface area contributed by atoms with Crippen LogP contribution in [0.2, 0.25) is 0 Å². The van der Waals surface area contributed by atoms with E-state index in [1.54, 1.807) is 31.2 Å². The third-order valence-electron chi connectivity index (χ3n) is 3.93.